The maximum Gasteiger partial charge on any atom is 0.227 e. The van der Waals surface area contributed by atoms with Crippen molar-refractivity contribution in [1.29, 1.82) is 0 Å². The van der Waals surface area contributed by atoms with Gasteiger partial charge in [0.1, 0.15) is 0 Å². The lowest BCUT2D eigenvalue weighted by atomic mass is 9.85. The van der Waals surface area contributed by atoms with Crippen LogP contribution in [0.2, 0.25) is 0 Å². The predicted octanol–water partition coefficient (Wildman–Crippen LogP) is -0.242. The molecule has 1 aliphatic rings. The van der Waals surface area contributed by atoms with Crippen LogP contribution >= 0.6 is 0 Å². The molecule has 1 saturated carbocycles. The molecule has 0 radical (unpaired) electrons. The number of nitrogens with two attached hydrogens (primary N) is 1. The van der Waals surface area contributed by atoms with Crippen LogP contribution in [0.15, 0.2) is 0 Å². The first-order valence-corrected chi connectivity index (χ1v) is 5.83. The summed E-state index contributed by atoms with van der Waals surface area (Å²) in [4.78, 5) is 22.9. The zero-order chi connectivity index (χ0) is 12.0. The number of hydrogen-bond acceptors (Lipinski definition) is 3. The van der Waals surface area contributed by atoms with Crippen LogP contribution in [0.5, 0.6) is 0 Å². The van der Waals surface area contributed by atoms with Crippen molar-refractivity contribution in [3.8, 4) is 0 Å². The van der Waals surface area contributed by atoms with E-state index >= 15 is 0 Å². The summed E-state index contributed by atoms with van der Waals surface area (Å²) >= 11 is 0. The Kier molecular flexibility index (Phi) is 4.73. The minimum atomic E-state index is -0.372. The highest BCUT2D eigenvalue weighted by Crippen LogP contribution is 2.37. The Bertz CT molecular complexity index is 260. The van der Waals surface area contributed by atoms with E-state index < -0.39 is 0 Å². The highest BCUT2D eigenvalue weighted by Gasteiger charge is 2.39. The van der Waals surface area contributed by atoms with Crippen molar-refractivity contribution in [1.82, 2.24) is 10.6 Å². The summed E-state index contributed by atoms with van der Waals surface area (Å²) in [5, 5.41) is 5.32. The van der Waals surface area contributed by atoms with E-state index in [1.165, 1.54) is 0 Å². The van der Waals surface area contributed by atoms with E-state index in [-0.39, 0.29) is 17.2 Å². The normalized spacial score (nSPS) is 18.1. The van der Waals surface area contributed by atoms with Gasteiger partial charge in [-0.05, 0) is 12.8 Å². The van der Waals surface area contributed by atoms with Gasteiger partial charge in [0.2, 0.25) is 11.8 Å². The zero-order valence-corrected chi connectivity index (χ0v) is 9.84. The lowest BCUT2D eigenvalue weighted by molar-refractivity contribution is -0.130. The fraction of sp³-hybridized carbons (Fsp3) is 0.818. The molecule has 5 heteroatoms. The number of carbonyl (C=O) groups excluding carboxylic acids is 2. The van der Waals surface area contributed by atoms with Crippen LogP contribution in [0, 0.1) is 5.41 Å². The maximum absolute atomic E-state index is 11.9. The first-order valence-electron chi connectivity index (χ1n) is 5.83. The van der Waals surface area contributed by atoms with E-state index in [2.05, 4.69) is 10.6 Å². The molecule has 0 aliphatic heterocycles. The van der Waals surface area contributed by atoms with Crippen LogP contribution < -0.4 is 16.4 Å². The van der Waals surface area contributed by atoms with Crippen LogP contribution in [0.3, 0.4) is 0 Å². The molecule has 0 atom stereocenters. The fourth-order valence-corrected chi connectivity index (χ4v) is 2.18. The Balaban J connectivity index is 2.36. The van der Waals surface area contributed by atoms with Crippen molar-refractivity contribution in [3.05, 3.63) is 0 Å². The number of carbonyl (C=O) groups is 2. The van der Waals surface area contributed by atoms with Crippen LogP contribution in [-0.4, -0.2) is 32.0 Å². The molecule has 0 spiro atoms. The molecule has 0 bridgehead atoms. The summed E-state index contributed by atoms with van der Waals surface area (Å²) in [5.74, 6) is -0.0510. The first-order chi connectivity index (χ1) is 7.64. The lowest BCUT2D eigenvalue weighted by Crippen LogP contribution is -2.45. The van der Waals surface area contributed by atoms with Gasteiger partial charge in [0.05, 0.1) is 5.41 Å². The van der Waals surface area contributed by atoms with Crippen molar-refractivity contribution in [2.75, 3.05) is 20.1 Å². The molecule has 5 nitrogen and oxygen atoms in total. The Labute approximate surface area is 96.1 Å². The highest BCUT2D eigenvalue weighted by molar-refractivity contribution is 5.84. The molecule has 1 fully saturated rings. The minimum Gasteiger partial charge on any atom is -0.359 e. The molecule has 1 rings (SSSR count). The maximum atomic E-state index is 11.9. The molecular formula is C11H21N3O2. The Morgan fingerprint density at radius 3 is 2.44 bits per heavy atom. The molecule has 1 aliphatic carbocycles. The Hall–Kier alpha value is -1.10. The zero-order valence-electron chi connectivity index (χ0n) is 9.84. The molecule has 0 saturated heterocycles. The number of rotatable bonds is 5. The van der Waals surface area contributed by atoms with E-state index in [9.17, 15) is 9.59 Å². The van der Waals surface area contributed by atoms with Crippen molar-refractivity contribution in [3.63, 3.8) is 0 Å². The van der Waals surface area contributed by atoms with Crippen molar-refractivity contribution >= 4 is 11.8 Å². The third kappa shape index (κ3) is 2.95. The summed E-state index contributed by atoms with van der Waals surface area (Å²) in [7, 11) is 1.59. The standard InChI is InChI=1S/C11H21N3O2/c1-13-9(15)4-7-14-10(16)11(8-12)5-2-3-6-11/h2-8,12H2,1H3,(H,13,15)(H,14,16). The molecule has 4 N–H and O–H groups in total. The molecule has 0 unspecified atom stereocenters. The van der Waals surface area contributed by atoms with E-state index in [1.807, 2.05) is 0 Å². The smallest absolute Gasteiger partial charge is 0.227 e. The summed E-state index contributed by atoms with van der Waals surface area (Å²) in [6.45, 7) is 0.791. The molecule has 16 heavy (non-hydrogen) atoms. The second-order valence-electron chi connectivity index (χ2n) is 4.37. The number of hydrogen-bond donors (Lipinski definition) is 3. The van der Waals surface area contributed by atoms with Crippen molar-refractivity contribution in [2.45, 2.75) is 32.1 Å². The van der Waals surface area contributed by atoms with E-state index in [4.69, 9.17) is 5.73 Å². The van der Waals surface area contributed by atoms with Crippen molar-refractivity contribution in [2.24, 2.45) is 11.1 Å². The first kappa shape index (κ1) is 13.0. The molecule has 92 valence electrons. The van der Waals surface area contributed by atoms with Gasteiger partial charge in [-0.1, -0.05) is 12.8 Å². The predicted molar refractivity (Wildman–Crippen MR) is 61.6 cm³/mol. The van der Waals surface area contributed by atoms with E-state index in [1.54, 1.807) is 7.05 Å². The molecular weight excluding hydrogens is 206 g/mol. The second-order valence-corrected chi connectivity index (χ2v) is 4.37. The van der Waals surface area contributed by atoms with Gasteiger partial charge in [-0.3, -0.25) is 9.59 Å². The van der Waals surface area contributed by atoms with Crippen molar-refractivity contribution < 1.29 is 9.59 Å². The molecule has 2 amide bonds. The summed E-state index contributed by atoms with van der Waals surface area (Å²) < 4.78 is 0. The number of amides is 2. The number of nitrogens with one attached hydrogen (secondary N) is 2. The van der Waals surface area contributed by atoms with Crippen LogP contribution in [0.1, 0.15) is 32.1 Å². The average molecular weight is 227 g/mol. The van der Waals surface area contributed by atoms with Crippen LogP contribution in [0.4, 0.5) is 0 Å². The Morgan fingerprint density at radius 1 is 1.31 bits per heavy atom. The fourth-order valence-electron chi connectivity index (χ4n) is 2.18. The van der Waals surface area contributed by atoms with Gasteiger partial charge in [-0.15, -0.1) is 0 Å². The third-order valence-electron chi connectivity index (χ3n) is 3.35. The molecule has 0 aromatic heterocycles. The summed E-state index contributed by atoms with van der Waals surface area (Å²) in [5.41, 5.74) is 5.31. The van der Waals surface area contributed by atoms with Gasteiger partial charge < -0.3 is 16.4 Å². The third-order valence-corrected chi connectivity index (χ3v) is 3.35. The molecule has 0 heterocycles. The Morgan fingerprint density at radius 2 is 1.94 bits per heavy atom. The quantitative estimate of drug-likeness (QED) is 0.606. The summed E-state index contributed by atoms with van der Waals surface area (Å²) in [6.07, 6.45) is 4.20. The topological polar surface area (TPSA) is 84.2 Å². The van der Waals surface area contributed by atoms with Gasteiger partial charge >= 0.3 is 0 Å². The highest BCUT2D eigenvalue weighted by atomic mass is 16.2. The van der Waals surface area contributed by atoms with Gasteiger partial charge in [0.15, 0.2) is 0 Å². The van der Waals surface area contributed by atoms with Gasteiger partial charge in [0.25, 0.3) is 0 Å². The molecule has 0 aromatic rings. The van der Waals surface area contributed by atoms with Gasteiger partial charge in [0, 0.05) is 26.6 Å². The van der Waals surface area contributed by atoms with Gasteiger partial charge in [-0.2, -0.15) is 0 Å². The monoisotopic (exact) mass is 227 g/mol. The van der Waals surface area contributed by atoms with Crippen LogP contribution in [0.25, 0.3) is 0 Å². The average Bonchev–Trinajstić information content (AvgIpc) is 2.78. The van der Waals surface area contributed by atoms with Crippen LogP contribution in [-0.2, 0) is 9.59 Å². The van der Waals surface area contributed by atoms with Gasteiger partial charge in [-0.25, -0.2) is 0 Å². The van der Waals surface area contributed by atoms with E-state index in [0.29, 0.717) is 19.5 Å². The largest absolute Gasteiger partial charge is 0.359 e. The summed E-state index contributed by atoms with van der Waals surface area (Å²) in [6, 6.07) is 0. The minimum absolute atomic E-state index is 0.0106. The molecule has 0 aromatic carbocycles. The second kappa shape index (κ2) is 5.84. The van der Waals surface area contributed by atoms with E-state index in [0.717, 1.165) is 25.7 Å². The SMILES string of the molecule is CNC(=O)CCNC(=O)C1(CN)CCCC1. The lowest BCUT2D eigenvalue weighted by Gasteiger charge is -2.25.